The number of nitro groups is 1. The van der Waals surface area contributed by atoms with Crippen molar-refractivity contribution in [3.8, 4) is 0 Å². The van der Waals surface area contributed by atoms with Crippen molar-refractivity contribution in [3.05, 3.63) is 57.2 Å². The molecule has 0 fully saturated rings. The van der Waals surface area contributed by atoms with Gasteiger partial charge in [0, 0.05) is 25.2 Å². The molecule has 138 valence electrons. The lowest BCUT2D eigenvalue weighted by atomic mass is 10.1. The van der Waals surface area contributed by atoms with Gasteiger partial charge in [0.05, 0.1) is 15.5 Å². The molecule has 1 aromatic carbocycles. The standard InChI is InChI=1S/C15H12ClF3N4O3/c16-10-2-4-13(21-8-10)22-14(24)5-6-20-11-3-1-9(15(17,18)19)7-12(11)23(25)26/h1-4,7-8,20H,5-6H2,(H,21,22,24). The van der Waals surface area contributed by atoms with Crippen LogP contribution in [0.15, 0.2) is 36.5 Å². The summed E-state index contributed by atoms with van der Waals surface area (Å²) in [7, 11) is 0. The third-order valence-corrected chi connectivity index (χ3v) is 3.41. The van der Waals surface area contributed by atoms with E-state index in [9.17, 15) is 28.1 Å². The molecule has 2 rings (SSSR count). The zero-order chi connectivity index (χ0) is 19.3. The van der Waals surface area contributed by atoms with Crippen LogP contribution >= 0.6 is 11.6 Å². The molecular formula is C15H12ClF3N4O3. The number of nitro benzene ring substituents is 1. The highest BCUT2D eigenvalue weighted by molar-refractivity contribution is 6.30. The number of nitrogens with one attached hydrogen (secondary N) is 2. The van der Waals surface area contributed by atoms with E-state index in [0.29, 0.717) is 11.1 Å². The van der Waals surface area contributed by atoms with Crippen molar-refractivity contribution < 1.29 is 22.9 Å². The van der Waals surface area contributed by atoms with Crippen LogP contribution in [0.1, 0.15) is 12.0 Å². The van der Waals surface area contributed by atoms with Crippen molar-refractivity contribution in [3.63, 3.8) is 0 Å². The number of halogens is 4. The van der Waals surface area contributed by atoms with Crippen LogP contribution in [0.3, 0.4) is 0 Å². The second-order valence-corrected chi connectivity index (χ2v) is 5.51. The van der Waals surface area contributed by atoms with E-state index in [4.69, 9.17) is 11.6 Å². The van der Waals surface area contributed by atoms with Crippen molar-refractivity contribution in [2.45, 2.75) is 12.6 Å². The first-order chi connectivity index (χ1) is 12.2. The maximum absolute atomic E-state index is 12.6. The molecule has 1 amide bonds. The molecule has 0 aliphatic rings. The Morgan fingerprint density at radius 3 is 2.58 bits per heavy atom. The van der Waals surface area contributed by atoms with Gasteiger partial charge in [0.15, 0.2) is 0 Å². The van der Waals surface area contributed by atoms with Gasteiger partial charge >= 0.3 is 6.18 Å². The third-order valence-electron chi connectivity index (χ3n) is 3.18. The average Bonchev–Trinajstić information content (AvgIpc) is 2.56. The minimum Gasteiger partial charge on any atom is -0.379 e. The predicted molar refractivity (Wildman–Crippen MR) is 89.1 cm³/mol. The molecule has 0 saturated heterocycles. The second-order valence-electron chi connectivity index (χ2n) is 5.07. The molecule has 1 aromatic heterocycles. The van der Waals surface area contributed by atoms with Crippen LogP contribution in [0, 0.1) is 10.1 Å². The zero-order valence-electron chi connectivity index (χ0n) is 13.0. The van der Waals surface area contributed by atoms with Crippen molar-refractivity contribution in [1.29, 1.82) is 0 Å². The Morgan fingerprint density at radius 2 is 2.00 bits per heavy atom. The Balaban J connectivity index is 1.97. The quantitative estimate of drug-likeness (QED) is 0.573. The number of benzene rings is 1. The summed E-state index contributed by atoms with van der Waals surface area (Å²) in [4.78, 5) is 25.7. The van der Waals surface area contributed by atoms with Crippen molar-refractivity contribution in [2.24, 2.45) is 0 Å². The second kappa shape index (κ2) is 8.00. The first kappa shape index (κ1) is 19.4. The Kier molecular flexibility index (Phi) is 5.98. The van der Waals surface area contributed by atoms with E-state index in [1.54, 1.807) is 0 Å². The number of rotatable bonds is 6. The molecule has 0 unspecified atom stereocenters. The van der Waals surface area contributed by atoms with Crippen LogP contribution < -0.4 is 10.6 Å². The fraction of sp³-hybridized carbons (Fsp3) is 0.200. The fourth-order valence-electron chi connectivity index (χ4n) is 1.97. The summed E-state index contributed by atoms with van der Waals surface area (Å²) in [6.45, 7) is -0.0222. The van der Waals surface area contributed by atoms with Crippen LogP contribution in [0.25, 0.3) is 0 Å². The van der Waals surface area contributed by atoms with Crippen LogP contribution in [-0.2, 0) is 11.0 Å². The molecule has 26 heavy (non-hydrogen) atoms. The van der Waals surface area contributed by atoms with E-state index < -0.39 is 28.3 Å². The van der Waals surface area contributed by atoms with Crippen LogP contribution in [0.4, 0.5) is 30.4 Å². The largest absolute Gasteiger partial charge is 0.416 e. The highest BCUT2D eigenvalue weighted by Gasteiger charge is 2.33. The molecule has 11 heteroatoms. The Morgan fingerprint density at radius 1 is 1.27 bits per heavy atom. The normalized spacial score (nSPS) is 11.1. The van der Waals surface area contributed by atoms with E-state index in [0.717, 1.165) is 12.1 Å². The number of pyridine rings is 1. The zero-order valence-corrected chi connectivity index (χ0v) is 13.8. The lowest BCUT2D eigenvalue weighted by Crippen LogP contribution is -2.17. The molecule has 0 saturated carbocycles. The smallest absolute Gasteiger partial charge is 0.379 e. The summed E-state index contributed by atoms with van der Waals surface area (Å²) < 4.78 is 37.9. The number of amides is 1. The number of hydrogen-bond acceptors (Lipinski definition) is 5. The number of carbonyl (C=O) groups excluding carboxylic acids is 1. The molecule has 0 spiro atoms. The van der Waals surface area contributed by atoms with Crippen LogP contribution in [0.2, 0.25) is 5.02 Å². The van der Waals surface area contributed by atoms with E-state index in [2.05, 4.69) is 15.6 Å². The first-order valence-electron chi connectivity index (χ1n) is 7.18. The Bertz CT molecular complexity index is 813. The molecular weight excluding hydrogens is 377 g/mol. The van der Waals surface area contributed by atoms with Gasteiger partial charge in [-0.1, -0.05) is 11.6 Å². The molecule has 0 radical (unpaired) electrons. The fourth-order valence-corrected chi connectivity index (χ4v) is 2.09. The number of anilines is 2. The van der Waals surface area contributed by atoms with Crippen LogP contribution in [0.5, 0.6) is 0 Å². The number of aromatic nitrogens is 1. The molecule has 2 N–H and O–H groups in total. The lowest BCUT2D eigenvalue weighted by Gasteiger charge is -2.10. The molecule has 0 bridgehead atoms. The van der Waals surface area contributed by atoms with E-state index in [1.165, 1.54) is 18.3 Å². The molecule has 0 atom stereocenters. The summed E-state index contributed by atoms with van der Waals surface area (Å²) in [6, 6.07) is 5.16. The summed E-state index contributed by atoms with van der Waals surface area (Å²) in [5.41, 5.74) is -1.96. The van der Waals surface area contributed by atoms with Crippen molar-refractivity contribution >= 4 is 34.7 Å². The number of nitrogens with zero attached hydrogens (tertiary/aromatic N) is 2. The molecule has 7 nitrogen and oxygen atoms in total. The molecule has 0 aliphatic carbocycles. The maximum atomic E-state index is 12.6. The highest BCUT2D eigenvalue weighted by Crippen LogP contribution is 2.34. The number of alkyl halides is 3. The number of carbonyl (C=O) groups is 1. The van der Waals surface area contributed by atoms with Gasteiger partial charge in [-0.15, -0.1) is 0 Å². The third kappa shape index (κ3) is 5.31. The minimum atomic E-state index is -4.69. The van der Waals surface area contributed by atoms with E-state index >= 15 is 0 Å². The Hall–Kier alpha value is -2.88. The maximum Gasteiger partial charge on any atom is 0.416 e. The van der Waals surface area contributed by atoms with E-state index in [-0.39, 0.29) is 24.5 Å². The molecule has 2 aromatic rings. The highest BCUT2D eigenvalue weighted by atomic mass is 35.5. The lowest BCUT2D eigenvalue weighted by molar-refractivity contribution is -0.384. The summed E-state index contributed by atoms with van der Waals surface area (Å²) in [5.74, 6) is -0.151. The van der Waals surface area contributed by atoms with Gasteiger partial charge in [-0.05, 0) is 24.3 Å². The van der Waals surface area contributed by atoms with Gasteiger partial charge in [-0.2, -0.15) is 13.2 Å². The van der Waals surface area contributed by atoms with Crippen molar-refractivity contribution in [2.75, 3.05) is 17.2 Å². The first-order valence-corrected chi connectivity index (χ1v) is 7.55. The molecule has 0 aliphatic heterocycles. The summed E-state index contributed by atoms with van der Waals surface area (Å²) in [5, 5.41) is 16.4. The monoisotopic (exact) mass is 388 g/mol. The predicted octanol–water partition coefficient (Wildman–Crippen LogP) is 4.10. The van der Waals surface area contributed by atoms with E-state index in [1.807, 2.05) is 0 Å². The number of hydrogen-bond donors (Lipinski definition) is 2. The van der Waals surface area contributed by atoms with Gasteiger partial charge < -0.3 is 10.6 Å². The summed E-state index contributed by atoms with van der Waals surface area (Å²) in [6.07, 6.45) is -3.42. The topological polar surface area (TPSA) is 97.2 Å². The Labute approximate surface area is 150 Å². The van der Waals surface area contributed by atoms with Gasteiger partial charge in [0.25, 0.3) is 5.69 Å². The van der Waals surface area contributed by atoms with Crippen LogP contribution in [-0.4, -0.2) is 22.4 Å². The average molecular weight is 389 g/mol. The minimum absolute atomic E-state index is 0.0222. The SMILES string of the molecule is O=C(CCNc1ccc(C(F)(F)F)cc1[N+](=O)[O-])Nc1ccc(Cl)cn1. The van der Waals surface area contributed by atoms with Gasteiger partial charge in [-0.25, -0.2) is 4.98 Å². The molecule has 1 heterocycles. The van der Waals surface area contributed by atoms with Gasteiger partial charge in [0.2, 0.25) is 5.91 Å². The summed E-state index contributed by atoms with van der Waals surface area (Å²) >= 11 is 5.67. The van der Waals surface area contributed by atoms with Gasteiger partial charge in [0.1, 0.15) is 11.5 Å². The van der Waals surface area contributed by atoms with Crippen molar-refractivity contribution in [1.82, 2.24) is 4.98 Å². The van der Waals surface area contributed by atoms with Gasteiger partial charge in [-0.3, -0.25) is 14.9 Å².